The molecule has 3 N–H and O–H groups in total. The van der Waals surface area contributed by atoms with Gasteiger partial charge in [-0.25, -0.2) is 22.4 Å². The number of amides is 3. The van der Waals surface area contributed by atoms with Crippen LogP contribution in [0.15, 0.2) is 42.5 Å². The Morgan fingerprint density at radius 2 is 1.44 bits per heavy atom. The normalized spacial score (nSPS) is 15.2. The first-order valence-corrected chi connectivity index (χ1v) is 10.8. The molecule has 0 aliphatic carbocycles. The molecule has 0 saturated carbocycles. The van der Waals surface area contributed by atoms with E-state index in [0.717, 1.165) is 17.0 Å². The van der Waals surface area contributed by atoms with Crippen LogP contribution in [-0.2, 0) is 13.1 Å². The third-order valence-electron chi connectivity index (χ3n) is 6.14. The van der Waals surface area contributed by atoms with E-state index in [4.69, 9.17) is 0 Å². The molecular formula is C25H21F4N3O4. The minimum absolute atomic E-state index is 0.0366. The van der Waals surface area contributed by atoms with Crippen LogP contribution < -0.4 is 10.2 Å². The molecule has 1 aliphatic rings. The zero-order valence-electron chi connectivity index (χ0n) is 19.2. The molecule has 1 atom stereocenters. The molecule has 0 saturated heterocycles. The average molecular weight is 503 g/mol. The molecular weight excluding hydrogens is 482 g/mol. The largest absolute Gasteiger partial charge is 0.508 e. The quantitative estimate of drug-likeness (QED) is 0.440. The molecule has 1 aliphatic heterocycles. The predicted octanol–water partition coefficient (Wildman–Crippen LogP) is 4.72. The molecule has 0 spiro atoms. The number of fused-ring (bicyclic) bond motifs is 1. The summed E-state index contributed by atoms with van der Waals surface area (Å²) in [5.74, 6) is -6.09. The van der Waals surface area contributed by atoms with E-state index in [1.54, 1.807) is 13.0 Å². The maximum atomic E-state index is 14.4. The Kier molecular flexibility index (Phi) is 6.49. The minimum Gasteiger partial charge on any atom is -0.508 e. The number of hydrogen-bond acceptors (Lipinski definition) is 4. The van der Waals surface area contributed by atoms with Crippen molar-refractivity contribution in [1.29, 1.82) is 0 Å². The highest BCUT2D eigenvalue weighted by atomic mass is 19.1. The second-order valence-electron chi connectivity index (χ2n) is 8.39. The summed E-state index contributed by atoms with van der Waals surface area (Å²) in [5.41, 5.74) is -0.0434. The van der Waals surface area contributed by atoms with Crippen LogP contribution in [0.5, 0.6) is 11.5 Å². The molecule has 0 radical (unpaired) electrons. The fraction of sp³-hybridized carbons (Fsp3) is 0.200. The summed E-state index contributed by atoms with van der Waals surface area (Å²) in [7, 11) is 1.52. The fourth-order valence-electron chi connectivity index (χ4n) is 4.02. The number of aromatic hydroxyl groups is 2. The molecule has 1 heterocycles. The summed E-state index contributed by atoms with van der Waals surface area (Å²) in [6.45, 7) is 0.710. The van der Waals surface area contributed by atoms with Crippen molar-refractivity contribution in [2.24, 2.45) is 0 Å². The fourth-order valence-corrected chi connectivity index (χ4v) is 4.02. The highest BCUT2D eigenvalue weighted by Crippen LogP contribution is 2.38. The number of hydrogen-bond donors (Lipinski definition) is 3. The second-order valence-corrected chi connectivity index (χ2v) is 8.39. The number of phenolic OH excluding ortho intramolecular Hbond substituents is 2. The van der Waals surface area contributed by atoms with E-state index in [1.807, 2.05) is 0 Å². The molecule has 188 valence electrons. The number of carbonyl (C=O) groups is 2. The second kappa shape index (κ2) is 9.40. The number of rotatable bonds is 5. The maximum Gasteiger partial charge on any atom is 0.325 e. The number of nitrogens with zero attached hydrogens (tertiary/aromatic N) is 2. The molecule has 3 amide bonds. The minimum atomic E-state index is -1.05. The van der Waals surface area contributed by atoms with E-state index < -0.39 is 77.0 Å². The lowest BCUT2D eigenvalue weighted by atomic mass is 9.98. The summed E-state index contributed by atoms with van der Waals surface area (Å²) in [4.78, 5) is 28.3. The lowest BCUT2D eigenvalue weighted by Gasteiger charge is -2.39. The Labute approximate surface area is 203 Å². The molecule has 4 rings (SSSR count). The Hall–Kier alpha value is -4.28. The SMILES string of the molecule is C[C@H]1c2ccc(C(=O)NCc3c(F)cc(O)cc3F)cc2N(Cc2c(F)cc(O)cc2F)C(=O)N1C. The first kappa shape index (κ1) is 24.8. The van der Waals surface area contributed by atoms with Gasteiger partial charge in [0.15, 0.2) is 0 Å². The molecule has 0 aromatic heterocycles. The van der Waals surface area contributed by atoms with E-state index in [9.17, 15) is 37.4 Å². The Bertz CT molecular complexity index is 1340. The van der Waals surface area contributed by atoms with Crippen molar-refractivity contribution in [2.45, 2.75) is 26.1 Å². The van der Waals surface area contributed by atoms with Crippen LogP contribution in [0.4, 0.5) is 28.0 Å². The zero-order chi connectivity index (χ0) is 26.3. The van der Waals surface area contributed by atoms with E-state index >= 15 is 0 Å². The number of phenols is 2. The molecule has 3 aromatic rings. The highest BCUT2D eigenvalue weighted by molar-refractivity contribution is 5.99. The number of urea groups is 1. The van der Waals surface area contributed by atoms with Crippen LogP contribution in [0.1, 0.15) is 40.0 Å². The van der Waals surface area contributed by atoms with Crippen molar-refractivity contribution in [2.75, 3.05) is 11.9 Å². The van der Waals surface area contributed by atoms with E-state index in [-0.39, 0.29) is 11.3 Å². The summed E-state index contributed by atoms with van der Waals surface area (Å²) in [6, 6.07) is 6.28. The van der Waals surface area contributed by atoms with Crippen LogP contribution >= 0.6 is 0 Å². The smallest absolute Gasteiger partial charge is 0.325 e. The van der Waals surface area contributed by atoms with Crippen LogP contribution in [0.3, 0.4) is 0 Å². The van der Waals surface area contributed by atoms with Gasteiger partial charge >= 0.3 is 6.03 Å². The number of anilines is 1. The lowest BCUT2D eigenvalue weighted by Crippen LogP contribution is -2.47. The molecule has 11 heteroatoms. The first-order chi connectivity index (χ1) is 17.0. The van der Waals surface area contributed by atoms with Gasteiger partial charge in [-0.2, -0.15) is 0 Å². The van der Waals surface area contributed by atoms with E-state index in [0.29, 0.717) is 17.7 Å². The first-order valence-electron chi connectivity index (χ1n) is 10.8. The third-order valence-corrected chi connectivity index (χ3v) is 6.14. The van der Waals surface area contributed by atoms with Gasteiger partial charge in [0, 0.05) is 54.5 Å². The standard InChI is InChI=1S/C25H21F4N3O4/c1-12-16-4-3-13(24(35)30-10-17-19(26)6-14(33)7-20(17)27)5-23(16)32(25(36)31(12)2)11-18-21(28)8-15(34)9-22(18)29/h3-9,12,33-34H,10-11H2,1-2H3,(H,30,35)/t12-/m0/s1. The molecule has 0 unspecified atom stereocenters. The average Bonchev–Trinajstić information content (AvgIpc) is 2.80. The number of carbonyl (C=O) groups excluding carboxylic acids is 2. The van der Waals surface area contributed by atoms with Crippen LogP contribution in [0.25, 0.3) is 0 Å². The van der Waals surface area contributed by atoms with Crippen molar-refractivity contribution in [3.8, 4) is 11.5 Å². The number of halogens is 4. The van der Waals surface area contributed by atoms with Crippen LogP contribution in [-0.4, -0.2) is 34.1 Å². The monoisotopic (exact) mass is 503 g/mol. The zero-order valence-corrected chi connectivity index (χ0v) is 19.2. The van der Waals surface area contributed by atoms with Crippen molar-refractivity contribution in [3.05, 3.63) is 88.0 Å². The summed E-state index contributed by atoms with van der Waals surface area (Å²) in [5, 5.41) is 21.1. The molecule has 0 bridgehead atoms. The number of nitrogens with one attached hydrogen (secondary N) is 1. The number of benzene rings is 3. The summed E-state index contributed by atoms with van der Waals surface area (Å²) >= 11 is 0. The highest BCUT2D eigenvalue weighted by Gasteiger charge is 2.34. The van der Waals surface area contributed by atoms with Crippen molar-refractivity contribution >= 4 is 17.6 Å². The van der Waals surface area contributed by atoms with Gasteiger partial charge in [0.25, 0.3) is 5.91 Å². The molecule has 36 heavy (non-hydrogen) atoms. The van der Waals surface area contributed by atoms with Gasteiger partial charge in [-0.15, -0.1) is 0 Å². The Morgan fingerprint density at radius 3 is 2.00 bits per heavy atom. The molecule has 7 nitrogen and oxygen atoms in total. The van der Waals surface area contributed by atoms with Gasteiger partial charge in [0.2, 0.25) is 0 Å². The van der Waals surface area contributed by atoms with Crippen molar-refractivity contribution in [3.63, 3.8) is 0 Å². The maximum absolute atomic E-state index is 14.4. The lowest BCUT2D eigenvalue weighted by molar-refractivity contribution is 0.0950. The molecule has 0 fully saturated rings. The Morgan fingerprint density at radius 1 is 0.917 bits per heavy atom. The van der Waals surface area contributed by atoms with E-state index in [2.05, 4.69) is 5.32 Å². The molecule has 3 aromatic carbocycles. The van der Waals surface area contributed by atoms with Gasteiger partial charge in [0.05, 0.1) is 18.3 Å². The van der Waals surface area contributed by atoms with Crippen molar-refractivity contribution in [1.82, 2.24) is 10.2 Å². The Balaban J connectivity index is 1.66. The van der Waals surface area contributed by atoms with Gasteiger partial charge in [-0.3, -0.25) is 9.69 Å². The van der Waals surface area contributed by atoms with Gasteiger partial charge in [-0.1, -0.05) is 6.07 Å². The van der Waals surface area contributed by atoms with Gasteiger partial charge in [0.1, 0.15) is 34.8 Å². The van der Waals surface area contributed by atoms with Gasteiger partial charge in [-0.05, 0) is 24.6 Å². The topological polar surface area (TPSA) is 93.1 Å². The van der Waals surface area contributed by atoms with Crippen LogP contribution in [0, 0.1) is 23.3 Å². The predicted molar refractivity (Wildman–Crippen MR) is 121 cm³/mol. The van der Waals surface area contributed by atoms with E-state index in [1.165, 1.54) is 24.1 Å². The van der Waals surface area contributed by atoms with Crippen LogP contribution in [0.2, 0.25) is 0 Å². The van der Waals surface area contributed by atoms with Crippen molar-refractivity contribution < 1.29 is 37.4 Å². The van der Waals surface area contributed by atoms with Gasteiger partial charge < -0.3 is 20.4 Å². The summed E-state index contributed by atoms with van der Waals surface area (Å²) in [6.07, 6.45) is 0. The third kappa shape index (κ3) is 4.51. The summed E-state index contributed by atoms with van der Waals surface area (Å²) < 4.78 is 56.8.